The standard InChI is InChI=1S/C18H35N5O2/c1-3-19-18(20-9-5-12-23-11-4-6-17(23)24)21-10-13-22(14-15-25-2)16-7-8-16/h16H,3-15H2,1-2H3,(H2,19,20,21). The molecule has 0 aromatic rings. The summed E-state index contributed by atoms with van der Waals surface area (Å²) in [6, 6.07) is 0.745. The zero-order chi connectivity index (χ0) is 17.9. The molecule has 144 valence electrons. The van der Waals surface area contributed by atoms with E-state index in [0.29, 0.717) is 12.3 Å². The molecule has 7 heteroatoms. The van der Waals surface area contributed by atoms with Crippen LogP contribution in [0.25, 0.3) is 0 Å². The minimum Gasteiger partial charge on any atom is -0.383 e. The summed E-state index contributed by atoms with van der Waals surface area (Å²) in [5.41, 5.74) is 0. The number of methoxy groups -OCH3 is 1. The van der Waals surface area contributed by atoms with Crippen LogP contribution < -0.4 is 10.6 Å². The molecule has 1 saturated carbocycles. The van der Waals surface area contributed by atoms with Crippen molar-refractivity contribution in [2.75, 3.05) is 59.5 Å². The fraction of sp³-hybridized carbons (Fsp3) is 0.889. The van der Waals surface area contributed by atoms with Gasteiger partial charge in [0.15, 0.2) is 5.96 Å². The first-order valence-corrected chi connectivity index (χ1v) is 9.77. The van der Waals surface area contributed by atoms with Gasteiger partial charge in [-0.2, -0.15) is 0 Å². The van der Waals surface area contributed by atoms with E-state index in [4.69, 9.17) is 4.74 Å². The molecule has 2 fully saturated rings. The molecule has 0 unspecified atom stereocenters. The van der Waals surface area contributed by atoms with Crippen LogP contribution in [-0.2, 0) is 9.53 Å². The first kappa shape index (κ1) is 20.0. The van der Waals surface area contributed by atoms with E-state index in [9.17, 15) is 4.79 Å². The largest absolute Gasteiger partial charge is 0.383 e. The Balaban J connectivity index is 1.65. The second kappa shape index (κ2) is 11.3. The average Bonchev–Trinajstić information content (AvgIpc) is 3.37. The summed E-state index contributed by atoms with van der Waals surface area (Å²) in [5.74, 6) is 1.17. The Morgan fingerprint density at radius 1 is 1.36 bits per heavy atom. The lowest BCUT2D eigenvalue weighted by Gasteiger charge is -2.22. The predicted molar refractivity (Wildman–Crippen MR) is 101 cm³/mol. The maximum Gasteiger partial charge on any atom is 0.222 e. The highest BCUT2D eigenvalue weighted by atomic mass is 16.5. The lowest BCUT2D eigenvalue weighted by atomic mass is 10.4. The number of ether oxygens (including phenoxy) is 1. The van der Waals surface area contributed by atoms with Gasteiger partial charge in [-0.05, 0) is 32.6 Å². The normalized spacial score (nSPS) is 18.3. The van der Waals surface area contributed by atoms with E-state index in [-0.39, 0.29) is 0 Å². The molecule has 7 nitrogen and oxygen atoms in total. The second-order valence-electron chi connectivity index (χ2n) is 6.79. The number of carbonyl (C=O) groups excluding carboxylic acids is 1. The number of nitrogens with one attached hydrogen (secondary N) is 2. The number of rotatable bonds is 12. The van der Waals surface area contributed by atoms with Crippen molar-refractivity contribution in [1.82, 2.24) is 20.4 Å². The Labute approximate surface area is 152 Å². The van der Waals surface area contributed by atoms with E-state index in [2.05, 4.69) is 27.4 Å². The Bertz CT molecular complexity index is 426. The fourth-order valence-electron chi connectivity index (χ4n) is 3.18. The molecule has 2 rings (SSSR count). The van der Waals surface area contributed by atoms with Crippen LogP contribution in [0.5, 0.6) is 0 Å². The maximum atomic E-state index is 11.6. The zero-order valence-electron chi connectivity index (χ0n) is 15.9. The number of likely N-dealkylation sites (tertiary alicyclic amines) is 1. The van der Waals surface area contributed by atoms with Crippen molar-refractivity contribution >= 4 is 11.9 Å². The number of hydrogen-bond donors (Lipinski definition) is 2. The molecule has 0 radical (unpaired) electrons. The van der Waals surface area contributed by atoms with Crippen LogP contribution in [0.15, 0.2) is 4.99 Å². The zero-order valence-corrected chi connectivity index (χ0v) is 15.9. The summed E-state index contributed by atoms with van der Waals surface area (Å²) in [6.07, 6.45) is 5.27. The summed E-state index contributed by atoms with van der Waals surface area (Å²) in [7, 11) is 1.76. The van der Waals surface area contributed by atoms with Crippen molar-refractivity contribution in [2.45, 2.75) is 45.1 Å². The van der Waals surface area contributed by atoms with Gasteiger partial charge in [-0.25, -0.2) is 0 Å². The molecule has 1 amide bonds. The molecule has 0 aromatic carbocycles. The van der Waals surface area contributed by atoms with E-state index in [1.807, 2.05) is 4.90 Å². The summed E-state index contributed by atoms with van der Waals surface area (Å²) < 4.78 is 5.21. The van der Waals surface area contributed by atoms with Crippen molar-refractivity contribution in [3.63, 3.8) is 0 Å². The highest BCUT2D eigenvalue weighted by molar-refractivity contribution is 5.79. The molecule has 1 aliphatic heterocycles. The molecule has 2 N–H and O–H groups in total. The van der Waals surface area contributed by atoms with Crippen molar-refractivity contribution in [3.05, 3.63) is 0 Å². The van der Waals surface area contributed by atoms with E-state index in [1.54, 1.807) is 7.11 Å². The number of carbonyl (C=O) groups is 1. The summed E-state index contributed by atoms with van der Waals surface area (Å²) >= 11 is 0. The number of guanidine groups is 1. The highest BCUT2D eigenvalue weighted by Gasteiger charge is 2.28. The minimum atomic E-state index is 0.297. The van der Waals surface area contributed by atoms with Crippen molar-refractivity contribution in [1.29, 1.82) is 0 Å². The number of hydrogen-bond acceptors (Lipinski definition) is 4. The van der Waals surface area contributed by atoms with Gasteiger partial charge in [0.2, 0.25) is 5.91 Å². The summed E-state index contributed by atoms with van der Waals surface area (Å²) in [6.45, 7) is 9.11. The van der Waals surface area contributed by atoms with Crippen molar-refractivity contribution in [2.24, 2.45) is 4.99 Å². The van der Waals surface area contributed by atoms with Crippen LogP contribution in [0, 0.1) is 0 Å². The van der Waals surface area contributed by atoms with E-state index in [0.717, 1.165) is 77.3 Å². The first-order valence-electron chi connectivity index (χ1n) is 9.77. The molecule has 1 saturated heterocycles. The van der Waals surface area contributed by atoms with Gasteiger partial charge in [-0.1, -0.05) is 0 Å². The van der Waals surface area contributed by atoms with Crippen LogP contribution in [0.3, 0.4) is 0 Å². The fourth-order valence-corrected chi connectivity index (χ4v) is 3.18. The van der Waals surface area contributed by atoms with Crippen molar-refractivity contribution < 1.29 is 9.53 Å². The molecule has 1 heterocycles. The smallest absolute Gasteiger partial charge is 0.222 e. The maximum absolute atomic E-state index is 11.6. The third-order valence-corrected chi connectivity index (χ3v) is 4.71. The number of nitrogens with zero attached hydrogens (tertiary/aromatic N) is 3. The molecular weight excluding hydrogens is 318 g/mol. The lowest BCUT2D eigenvalue weighted by Crippen LogP contribution is -2.43. The van der Waals surface area contributed by atoms with Gasteiger partial charge in [0, 0.05) is 65.4 Å². The second-order valence-corrected chi connectivity index (χ2v) is 6.79. The highest BCUT2D eigenvalue weighted by Crippen LogP contribution is 2.25. The predicted octanol–water partition coefficient (Wildman–Crippen LogP) is 0.665. The van der Waals surface area contributed by atoms with Gasteiger partial charge in [0.1, 0.15) is 0 Å². The van der Waals surface area contributed by atoms with Crippen LogP contribution >= 0.6 is 0 Å². The monoisotopic (exact) mass is 353 g/mol. The molecule has 0 aromatic heterocycles. The minimum absolute atomic E-state index is 0.297. The SMILES string of the molecule is CCNC(=NCCCN1CCCC1=O)NCCN(CCOC)C1CC1. The van der Waals surface area contributed by atoms with Gasteiger partial charge in [-0.15, -0.1) is 0 Å². The Morgan fingerprint density at radius 2 is 2.20 bits per heavy atom. The quantitative estimate of drug-likeness (QED) is 0.307. The molecule has 2 aliphatic rings. The number of aliphatic imine (C=N–C) groups is 1. The summed E-state index contributed by atoms with van der Waals surface area (Å²) in [4.78, 5) is 20.7. The van der Waals surface area contributed by atoms with Crippen LogP contribution in [0.4, 0.5) is 0 Å². The lowest BCUT2D eigenvalue weighted by molar-refractivity contribution is -0.127. The van der Waals surface area contributed by atoms with Crippen molar-refractivity contribution in [3.8, 4) is 0 Å². The molecule has 1 aliphatic carbocycles. The van der Waals surface area contributed by atoms with Gasteiger partial charge in [-0.3, -0.25) is 14.7 Å². The van der Waals surface area contributed by atoms with E-state index >= 15 is 0 Å². The van der Waals surface area contributed by atoms with Crippen LogP contribution in [0.1, 0.15) is 39.0 Å². The third kappa shape index (κ3) is 7.61. The molecule has 0 spiro atoms. The van der Waals surface area contributed by atoms with E-state index < -0.39 is 0 Å². The van der Waals surface area contributed by atoms with Gasteiger partial charge >= 0.3 is 0 Å². The molecule has 25 heavy (non-hydrogen) atoms. The molecule has 0 bridgehead atoms. The number of amides is 1. The average molecular weight is 354 g/mol. The van der Waals surface area contributed by atoms with Crippen LogP contribution in [0.2, 0.25) is 0 Å². The Morgan fingerprint density at radius 3 is 2.84 bits per heavy atom. The van der Waals surface area contributed by atoms with Crippen LogP contribution in [-0.4, -0.2) is 87.2 Å². The summed E-state index contributed by atoms with van der Waals surface area (Å²) in [5, 5.41) is 6.72. The Kier molecular flexibility index (Phi) is 9.04. The van der Waals surface area contributed by atoms with E-state index in [1.165, 1.54) is 12.8 Å². The molecule has 0 atom stereocenters. The molecular formula is C18H35N5O2. The first-order chi connectivity index (χ1) is 12.2. The van der Waals surface area contributed by atoms with Gasteiger partial charge in [0.25, 0.3) is 0 Å². The topological polar surface area (TPSA) is 69.2 Å². The Hall–Kier alpha value is -1.34. The van der Waals surface area contributed by atoms with Gasteiger partial charge in [0.05, 0.1) is 6.61 Å². The van der Waals surface area contributed by atoms with Gasteiger partial charge < -0.3 is 20.3 Å². The third-order valence-electron chi connectivity index (χ3n) is 4.71.